The van der Waals surface area contributed by atoms with Crippen LogP contribution in [-0.2, 0) is 9.47 Å². The van der Waals surface area contributed by atoms with Crippen molar-refractivity contribution in [1.29, 1.82) is 0 Å². The second-order valence-corrected chi connectivity index (χ2v) is 4.00. The third-order valence-corrected chi connectivity index (χ3v) is 2.79. The molecule has 0 atom stereocenters. The molecule has 0 aliphatic rings. The fourth-order valence-electron chi connectivity index (χ4n) is 1.98. The van der Waals surface area contributed by atoms with E-state index < -0.39 is 17.8 Å². The zero-order valence-electron chi connectivity index (χ0n) is 11.0. The molecule has 0 spiro atoms. The molecule has 3 N–H and O–H groups in total. The lowest BCUT2D eigenvalue weighted by Gasteiger charge is -2.03. The van der Waals surface area contributed by atoms with Crippen LogP contribution in [0.3, 0.4) is 0 Å². The molecule has 1 heterocycles. The van der Waals surface area contributed by atoms with Gasteiger partial charge in [-0.3, -0.25) is 0 Å². The molecule has 106 valence electrons. The molecule has 1 aromatic carbocycles. The van der Waals surface area contributed by atoms with Crippen LogP contribution in [0.2, 0.25) is 0 Å². The first-order chi connectivity index (χ1) is 9.49. The number of carbonyl (C=O) groups is 2. The van der Waals surface area contributed by atoms with E-state index in [0.29, 0.717) is 0 Å². The van der Waals surface area contributed by atoms with Crippen LogP contribution < -0.4 is 5.73 Å². The monoisotopic (exact) mass is 280 g/mol. The molecular formula is C13H13FN2O4. The van der Waals surface area contributed by atoms with E-state index in [4.69, 9.17) is 10.5 Å². The molecule has 0 bridgehead atoms. The number of hydrogen-bond donors (Lipinski definition) is 2. The number of nitrogen functional groups attached to an aromatic ring is 1. The van der Waals surface area contributed by atoms with Gasteiger partial charge in [-0.1, -0.05) is 0 Å². The molecule has 20 heavy (non-hydrogen) atoms. The molecule has 2 rings (SSSR count). The van der Waals surface area contributed by atoms with Crippen LogP contribution in [0, 0.1) is 5.82 Å². The van der Waals surface area contributed by atoms with Gasteiger partial charge in [-0.25, -0.2) is 14.0 Å². The van der Waals surface area contributed by atoms with Gasteiger partial charge in [0.2, 0.25) is 0 Å². The fraction of sp³-hybridized carbons (Fsp3) is 0.231. The van der Waals surface area contributed by atoms with E-state index in [2.05, 4.69) is 9.72 Å². The van der Waals surface area contributed by atoms with Gasteiger partial charge >= 0.3 is 11.9 Å². The van der Waals surface area contributed by atoms with Crippen LogP contribution in [0.15, 0.2) is 12.1 Å². The number of halogens is 1. The summed E-state index contributed by atoms with van der Waals surface area (Å²) < 4.78 is 23.1. The Bertz CT molecular complexity index is 693. The van der Waals surface area contributed by atoms with Gasteiger partial charge in [0.1, 0.15) is 17.2 Å². The largest absolute Gasteiger partial charge is 0.465 e. The van der Waals surface area contributed by atoms with Crippen molar-refractivity contribution in [2.75, 3.05) is 19.5 Å². The topological polar surface area (TPSA) is 94.4 Å². The SMILES string of the molecule is CCOC(=O)c1c(N)[nH]c2c(C(=O)OC)cc(F)cc12. The average Bonchev–Trinajstić information content (AvgIpc) is 2.73. The van der Waals surface area contributed by atoms with Crippen LogP contribution in [0.4, 0.5) is 10.2 Å². The minimum atomic E-state index is -0.730. The van der Waals surface area contributed by atoms with Crippen molar-refractivity contribution in [1.82, 2.24) is 4.98 Å². The number of esters is 2. The molecule has 7 heteroatoms. The van der Waals surface area contributed by atoms with E-state index in [1.54, 1.807) is 6.92 Å². The number of aromatic amines is 1. The van der Waals surface area contributed by atoms with E-state index in [1.807, 2.05) is 0 Å². The summed E-state index contributed by atoms with van der Waals surface area (Å²) in [6.45, 7) is 1.80. The number of carbonyl (C=O) groups excluding carboxylic acids is 2. The Morgan fingerprint density at radius 2 is 2.05 bits per heavy atom. The highest BCUT2D eigenvalue weighted by Gasteiger charge is 2.23. The molecule has 0 aliphatic heterocycles. The Labute approximate surface area is 113 Å². The maximum absolute atomic E-state index is 13.6. The second-order valence-electron chi connectivity index (χ2n) is 4.00. The average molecular weight is 280 g/mol. The standard InChI is InChI=1S/C13H13FN2O4/c1-3-20-13(18)9-7-4-6(14)5-8(12(17)19-2)10(7)16-11(9)15/h4-5,16H,3,15H2,1-2H3. The van der Waals surface area contributed by atoms with Gasteiger partial charge in [0.05, 0.1) is 24.8 Å². The highest BCUT2D eigenvalue weighted by atomic mass is 19.1. The highest BCUT2D eigenvalue weighted by molar-refractivity contribution is 6.13. The number of rotatable bonds is 3. The molecule has 0 saturated heterocycles. The number of hydrogen-bond acceptors (Lipinski definition) is 5. The van der Waals surface area contributed by atoms with Gasteiger partial charge in [-0.2, -0.15) is 0 Å². The quantitative estimate of drug-likeness (QED) is 0.837. The van der Waals surface area contributed by atoms with Gasteiger partial charge in [0.25, 0.3) is 0 Å². The van der Waals surface area contributed by atoms with Crippen LogP contribution >= 0.6 is 0 Å². The van der Waals surface area contributed by atoms with Crippen molar-refractivity contribution in [3.05, 3.63) is 29.1 Å². The molecule has 6 nitrogen and oxygen atoms in total. The first-order valence-electron chi connectivity index (χ1n) is 5.85. The van der Waals surface area contributed by atoms with E-state index in [-0.39, 0.29) is 34.5 Å². The number of H-pyrrole nitrogens is 1. The highest BCUT2D eigenvalue weighted by Crippen LogP contribution is 2.29. The third kappa shape index (κ3) is 2.18. The summed E-state index contributed by atoms with van der Waals surface area (Å²) in [6, 6.07) is 2.12. The van der Waals surface area contributed by atoms with Crippen LogP contribution in [0.5, 0.6) is 0 Å². The number of anilines is 1. The fourth-order valence-corrected chi connectivity index (χ4v) is 1.98. The Morgan fingerprint density at radius 3 is 2.65 bits per heavy atom. The van der Waals surface area contributed by atoms with E-state index in [0.717, 1.165) is 12.1 Å². The lowest BCUT2D eigenvalue weighted by Crippen LogP contribution is -2.07. The minimum Gasteiger partial charge on any atom is -0.465 e. The number of methoxy groups -OCH3 is 1. The lowest BCUT2D eigenvalue weighted by atomic mass is 10.1. The predicted octanol–water partition coefficient (Wildman–Crippen LogP) is 1.85. The second kappa shape index (κ2) is 5.20. The Hall–Kier alpha value is -2.57. The summed E-state index contributed by atoms with van der Waals surface area (Å²) in [5.41, 5.74) is 5.92. The van der Waals surface area contributed by atoms with Crippen LogP contribution in [0.1, 0.15) is 27.6 Å². The predicted molar refractivity (Wildman–Crippen MR) is 70.0 cm³/mol. The zero-order valence-corrected chi connectivity index (χ0v) is 11.0. The first kappa shape index (κ1) is 13.9. The number of aromatic nitrogens is 1. The third-order valence-electron chi connectivity index (χ3n) is 2.79. The molecule has 2 aromatic rings. The Balaban J connectivity index is 2.73. The zero-order chi connectivity index (χ0) is 14.9. The van der Waals surface area contributed by atoms with Gasteiger partial charge in [0, 0.05) is 5.39 Å². The molecule has 0 radical (unpaired) electrons. The molecule has 0 amide bonds. The molecule has 0 saturated carbocycles. The Kier molecular flexibility index (Phi) is 3.60. The number of fused-ring (bicyclic) bond motifs is 1. The number of ether oxygens (including phenoxy) is 2. The van der Waals surface area contributed by atoms with Crippen LogP contribution in [0.25, 0.3) is 10.9 Å². The van der Waals surface area contributed by atoms with Gasteiger partial charge in [-0.15, -0.1) is 0 Å². The molecule has 0 unspecified atom stereocenters. The van der Waals surface area contributed by atoms with Gasteiger partial charge < -0.3 is 20.2 Å². The van der Waals surface area contributed by atoms with E-state index in [9.17, 15) is 14.0 Å². The van der Waals surface area contributed by atoms with Crippen molar-refractivity contribution in [3.8, 4) is 0 Å². The summed E-state index contributed by atoms with van der Waals surface area (Å²) in [4.78, 5) is 26.2. The van der Waals surface area contributed by atoms with Crippen molar-refractivity contribution in [3.63, 3.8) is 0 Å². The summed E-state index contributed by atoms with van der Waals surface area (Å²) in [7, 11) is 1.18. The maximum atomic E-state index is 13.6. The number of benzene rings is 1. The molecule has 0 aliphatic carbocycles. The normalized spacial score (nSPS) is 10.6. The lowest BCUT2D eigenvalue weighted by molar-refractivity contribution is 0.0528. The molecule has 1 aromatic heterocycles. The van der Waals surface area contributed by atoms with E-state index >= 15 is 0 Å². The Morgan fingerprint density at radius 1 is 1.35 bits per heavy atom. The van der Waals surface area contributed by atoms with Crippen molar-refractivity contribution >= 4 is 28.7 Å². The summed E-state index contributed by atoms with van der Waals surface area (Å²) in [5.74, 6) is -2.08. The molecular weight excluding hydrogens is 267 g/mol. The minimum absolute atomic E-state index is 0.00602. The number of nitrogens with one attached hydrogen (secondary N) is 1. The summed E-state index contributed by atoms with van der Waals surface area (Å²) >= 11 is 0. The van der Waals surface area contributed by atoms with Crippen LogP contribution in [-0.4, -0.2) is 30.6 Å². The van der Waals surface area contributed by atoms with Gasteiger partial charge in [0.15, 0.2) is 0 Å². The smallest absolute Gasteiger partial charge is 0.342 e. The number of nitrogens with two attached hydrogens (primary N) is 1. The summed E-state index contributed by atoms with van der Waals surface area (Å²) in [5, 5.41) is 0.182. The maximum Gasteiger partial charge on any atom is 0.342 e. The van der Waals surface area contributed by atoms with E-state index in [1.165, 1.54) is 7.11 Å². The van der Waals surface area contributed by atoms with Gasteiger partial charge in [-0.05, 0) is 19.1 Å². The van der Waals surface area contributed by atoms with Crippen molar-refractivity contribution in [2.45, 2.75) is 6.92 Å². The summed E-state index contributed by atoms with van der Waals surface area (Å²) in [6.07, 6.45) is 0. The van der Waals surface area contributed by atoms with Crippen molar-refractivity contribution < 1.29 is 23.5 Å². The first-order valence-corrected chi connectivity index (χ1v) is 5.85. The van der Waals surface area contributed by atoms with Crippen molar-refractivity contribution in [2.24, 2.45) is 0 Å². The molecule has 0 fully saturated rings.